The molecule has 1 heterocycles. The summed E-state index contributed by atoms with van der Waals surface area (Å²) in [6, 6.07) is 0. The van der Waals surface area contributed by atoms with Crippen LogP contribution >= 0.6 is 0 Å². The highest BCUT2D eigenvalue weighted by Gasteiger charge is 2.55. The second-order valence-electron chi connectivity index (χ2n) is 5.40. The highest BCUT2D eigenvalue weighted by molar-refractivity contribution is 6.03. The van der Waals surface area contributed by atoms with Gasteiger partial charge in [0.15, 0.2) is 5.41 Å². The predicted octanol–water partition coefficient (Wildman–Crippen LogP) is 0.825. The van der Waals surface area contributed by atoms with Gasteiger partial charge in [-0.3, -0.25) is 9.59 Å². The molecule has 2 aliphatic rings. The van der Waals surface area contributed by atoms with Crippen LogP contribution in [0.4, 0.5) is 0 Å². The van der Waals surface area contributed by atoms with E-state index in [-0.39, 0.29) is 19.1 Å². The van der Waals surface area contributed by atoms with E-state index in [4.69, 9.17) is 9.47 Å². The molecule has 0 spiro atoms. The van der Waals surface area contributed by atoms with Gasteiger partial charge in [-0.25, -0.2) is 0 Å². The van der Waals surface area contributed by atoms with E-state index < -0.39 is 11.4 Å². The average Bonchev–Trinajstić information content (AvgIpc) is 2.79. The Kier molecular flexibility index (Phi) is 3.90. The maximum absolute atomic E-state index is 12.4. The van der Waals surface area contributed by atoms with E-state index in [0.717, 1.165) is 6.54 Å². The lowest BCUT2D eigenvalue weighted by Gasteiger charge is -2.39. The van der Waals surface area contributed by atoms with Gasteiger partial charge in [-0.15, -0.1) is 0 Å². The van der Waals surface area contributed by atoms with Gasteiger partial charge in [0.1, 0.15) is 0 Å². The molecule has 0 N–H and O–H groups in total. The molecule has 2 fully saturated rings. The molecule has 0 radical (unpaired) electrons. The standard InChI is InChI=1S/C13H21NO4/c1-14(7-10-5-3-4-6-10)11(15)13(8-18-9-13)12(16)17-2/h10H,3-9H2,1-2H3. The van der Waals surface area contributed by atoms with Crippen LogP contribution in [0.5, 0.6) is 0 Å². The molecular formula is C13H21NO4. The topological polar surface area (TPSA) is 55.8 Å². The third-order valence-corrected chi connectivity index (χ3v) is 4.04. The fourth-order valence-electron chi connectivity index (χ4n) is 2.86. The molecule has 0 atom stereocenters. The summed E-state index contributed by atoms with van der Waals surface area (Å²) in [5.74, 6) is -0.0563. The number of methoxy groups -OCH3 is 1. The summed E-state index contributed by atoms with van der Waals surface area (Å²) in [4.78, 5) is 25.8. The zero-order valence-corrected chi connectivity index (χ0v) is 11.1. The van der Waals surface area contributed by atoms with Crippen LogP contribution in [0.25, 0.3) is 0 Å². The lowest BCUT2D eigenvalue weighted by Crippen LogP contribution is -2.60. The minimum atomic E-state index is -1.08. The number of rotatable bonds is 4. The number of amides is 1. The fraction of sp³-hybridized carbons (Fsp3) is 0.846. The quantitative estimate of drug-likeness (QED) is 0.551. The molecule has 1 amide bonds. The second-order valence-corrected chi connectivity index (χ2v) is 5.40. The third-order valence-electron chi connectivity index (χ3n) is 4.04. The van der Waals surface area contributed by atoms with Gasteiger partial charge in [0, 0.05) is 13.6 Å². The summed E-state index contributed by atoms with van der Waals surface area (Å²) in [6.07, 6.45) is 4.86. The lowest BCUT2D eigenvalue weighted by atomic mass is 9.84. The molecule has 1 saturated heterocycles. The second kappa shape index (κ2) is 5.26. The van der Waals surface area contributed by atoms with Gasteiger partial charge in [0.25, 0.3) is 0 Å². The molecule has 0 aromatic heterocycles. The van der Waals surface area contributed by atoms with Crippen LogP contribution in [0.1, 0.15) is 25.7 Å². The fourth-order valence-corrected chi connectivity index (χ4v) is 2.86. The molecule has 102 valence electrons. The summed E-state index contributed by atoms with van der Waals surface area (Å²) < 4.78 is 9.79. The van der Waals surface area contributed by atoms with Gasteiger partial charge in [0.2, 0.25) is 5.91 Å². The molecule has 5 nitrogen and oxygen atoms in total. The molecule has 1 aliphatic heterocycles. The number of hydrogen-bond donors (Lipinski definition) is 0. The Labute approximate surface area is 107 Å². The maximum atomic E-state index is 12.4. The van der Waals surface area contributed by atoms with Crippen molar-refractivity contribution in [1.82, 2.24) is 4.90 Å². The smallest absolute Gasteiger partial charge is 0.326 e. The Morgan fingerprint density at radius 3 is 2.39 bits per heavy atom. The predicted molar refractivity (Wildman–Crippen MR) is 64.9 cm³/mol. The Morgan fingerprint density at radius 1 is 1.33 bits per heavy atom. The Morgan fingerprint density at radius 2 is 1.94 bits per heavy atom. The van der Waals surface area contributed by atoms with E-state index in [1.54, 1.807) is 11.9 Å². The third kappa shape index (κ3) is 2.23. The van der Waals surface area contributed by atoms with Gasteiger partial charge in [0.05, 0.1) is 20.3 Å². The zero-order valence-electron chi connectivity index (χ0n) is 11.1. The van der Waals surface area contributed by atoms with Gasteiger partial charge in [-0.05, 0) is 18.8 Å². The van der Waals surface area contributed by atoms with Crippen LogP contribution in [0.15, 0.2) is 0 Å². The van der Waals surface area contributed by atoms with Crippen molar-refractivity contribution in [2.24, 2.45) is 11.3 Å². The Hall–Kier alpha value is -1.10. The molecule has 0 bridgehead atoms. The molecule has 2 rings (SSSR count). The normalized spacial score (nSPS) is 22.3. The van der Waals surface area contributed by atoms with Crippen molar-refractivity contribution in [2.45, 2.75) is 25.7 Å². The van der Waals surface area contributed by atoms with E-state index in [1.165, 1.54) is 32.8 Å². The molecular weight excluding hydrogens is 234 g/mol. The van der Waals surface area contributed by atoms with E-state index in [9.17, 15) is 9.59 Å². The van der Waals surface area contributed by atoms with Crippen molar-refractivity contribution in [2.75, 3.05) is 33.9 Å². The summed E-state index contributed by atoms with van der Waals surface area (Å²) in [5.41, 5.74) is -1.08. The largest absolute Gasteiger partial charge is 0.468 e. The van der Waals surface area contributed by atoms with Crippen LogP contribution in [0.2, 0.25) is 0 Å². The van der Waals surface area contributed by atoms with Crippen molar-refractivity contribution in [3.63, 3.8) is 0 Å². The summed E-state index contributed by atoms with van der Waals surface area (Å²) in [7, 11) is 3.08. The van der Waals surface area contributed by atoms with Crippen molar-refractivity contribution >= 4 is 11.9 Å². The summed E-state index contributed by atoms with van der Waals surface area (Å²) >= 11 is 0. The van der Waals surface area contributed by atoms with Crippen molar-refractivity contribution in [1.29, 1.82) is 0 Å². The van der Waals surface area contributed by atoms with Crippen molar-refractivity contribution < 1.29 is 19.1 Å². The number of carbonyl (C=O) groups is 2. The molecule has 18 heavy (non-hydrogen) atoms. The van der Waals surface area contributed by atoms with Crippen LogP contribution in [0, 0.1) is 11.3 Å². The number of esters is 1. The first kappa shape index (κ1) is 13.3. The van der Waals surface area contributed by atoms with Gasteiger partial charge < -0.3 is 14.4 Å². The van der Waals surface area contributed by atoms with Crippen LogP contribution in [0.3, 0.4) is 0 Å². The molecule has 0 aromatic carbocycles. The van der Waals surface area contributed by atoms with Crippen LogP contribution in [-0.2, 0) is 19.1 Å². The summed E-state index contributed by atoms with van der Waals surface area (Å²) in [5, 5.41) is 0. The minimum absolute atomic E-state index is 0.146. The number of hydrogen-bond acceptors (Lipinski definition) is 4. The number of ether oxygens (including phenoxy) is 2. The van der Waals surface area contributed by atoms with E-state index in [1.807, 2.05) is 0 Å². The monoisotopic (exact) mass is 255 g/mol. The van der Waals surface area contributed by atoms with Gasteiger partial charge in [-0.1, -0.05) is 12.8 Å². The van der Waals surface area contributed by atoms with Gasteiger partial charge in [-0.2, -0.15) is 0 Å². The van der Waals surface area contributed by atoms with Gasteiger partial charge >= 0.3 is 5.97 Å². The first-order valence-electron chi connectivity index (χ1n) is 6.52. The Bertz CT molecular complexity index is 332. The molecule has 0 aromatic rings. The molecule has 1 saturated carbocycles. The van der Waals surface area contributed by atoms with E-state index >= 15 is 0 Å². The number of nitrogens with zero attached hydrogens (tertiary/aromatic N) is 1. The van der Waals surface area contributed by atoms with E-state index in [2.05, 4.69) is 0 Å². The average molecular weight is 255 g/mol. The lowest BCUT2D eigenvalue weighted by molar-refractivity contribution is -0.193. The SMILES string of the molecule is COC(=O)C1(C(=O)N(C)CC2CCCC2)COC1. The molecule has 5 heteroatoms. The molecule has 0 unspecified atom stereocenters. The van der Waals surface area contributed by atoms with Crippen LogP contribution < -0.4 is 0 Å². The minimum Gasteiger partial charge on any atom is -0.468 e. The molecule has 1 aliphatic carbocycles. The highest BCUT2D eigenvalue weighted by atomic mass is 16.5. The van der Waals surface area contributed by atoms with E-state index in [0.29, 0.717) is 5.92 Å². The number of carbonyl (C=O) groups excluding carboxylic acids is 2. The first-order valence-corrected chi connectivity index (χ1v) is 6.52. The zero-order chi connectivity index (χ0) is 13.2. The van der Waals surface area contributed by atoms with Crippen molar-refractivity contribution in [3.05, 3.63) is 0 Å². The highest BCUT2D eigenvalue weighted by Crippen LogP contribution is 2.32. The summed E-state index contributed by atoms with van der Waals surface area (Å²) in [6.45, 7) is 1.03. The van der Waals surface area contributed by atoms with Crippen molar-refractivity contribution in [3.8, 4) is 0 Å². The van der Waals surface area contributed by atoms with Crippen LogP contribution in [-0.4, -0.2) is 50.7 Å². The Balaban J connectivity index is 1.98. The first-order chi connectivity index (χ1) is 8.60. The maximum Gasteiger partial charge on any atom is 0.326 e.